The zero-order chi connectivity index (χ0) is 24.5. The standard InChI is InChI=1S/C32H63OS/c1-3-5-7-9-11-13-15-17-19-24-28-34(30-32(33)31-26-22-21-23-27-31)29-25-20-18-16-14-12-10-8-6-4-2/h31H,3-30H2,1-2H3/q+1. The van der Waals surface area contributed by atoms with E-state index in [9.17, 15) is 4.79 Å². The van der Waals surface area contributed by atoms with Gasteiger partial charge in [0.2, 0.25) is 0 Å². The highest BCUT2D eigenvalue weighted by Crippen LogP contribution is 2.25. The van der Waals surface area contributed by atoms with E-state index < -0.39 is 0 Å². The SMILES string of the molecule is CCCCCCCCCCCC[S+](CCCCCCCCCCCC)CC(=O)C1CCCCC1. The zero-order valence-electron chi connectivity index (χ0n) is 23.7. The smallest absolute Gasteiger partial charge is 0.184 e. The highest BCUT2D eigenvalue weighted by Gasteiger charge is 2.28. The van der Waals surface area contributed by atoms with Gasteiger partial charge in [0.1, 0.15) is 11.5 Å². The van der Waals surface area contributed by atoms with Gasteiger partial charge in [-0.15, -0.1) is 0 Å². The van der Waals surface area contributed by atoms with Crippen LogP contribution in [0.15, 0.2) is 0 Å². The summed E-state index contributed by atoms with van der Waals surface area (Å²) >= 11 is 0. The number of carbonyl (C=O) groups is 1. The number of rotatable bonds is 25. The summed E-state index contributed by atoms with van der Waals surface area (Å²) in [4.78, 5) is 13.0. The van der Waals surface area contributed by atoms with Crippen molar-refractivity contribution >= 4 is 16.7 Å². The molecule has 0 spiro atoms. The Morgan fingerprint density at radius 1 is 0.529 bits per heavy atom. The van der Waals surface area contributed by atoms with Crippen molar-refractivity contribution in [2.75, 3.05) is 17.3 Å². The van der Waals surface area contributed by atoms with Gasteiger partial charge in [0.25, 0.3) is 0 Å². The van der Waals surface area contributed by atoms with Crippen LogP contribution >= 0.6 is 0 Å². The molecule has 0 aromatic rings. The molecule has 1 saturated carbocycles. The van der Waals surface area contributed by atoms with Gasteiger partial charge in [0.15, 0.2) is 11.5 Å². The largest absolute Gasteiger partial charge is 0.294 e. The number of unbranched alkanes of at least 4 members (excludes halogenated alkanes) is 18. The average Bonchev–Trinajstić information content (AvgIpc) is 2.86. The van der Waals surface area contributed by atoms with E-state index in [-0.39, 0.29) is 0 Å². The van der Waals surface area contributed by atoms with E-state index in [1.165, 1.54) is 172 Å². The van der Waals surface area contributed by atoms with Crippen LogP contribution < -0.4 is 0 Å². The van der Waals surface area contributed by atoms with Crippen LogP contribution in [0.25, 0.3) is 0 Å². The van der Waals surface area contributed by atoms with Crippen molar-refractivity contribution in [3.05, 3.63) is 0 Å². The first-order chi connectivity index (χ1) is 16.8. The average molecular weight is 496 g/mol. The number of hydrogen-bond acceptors (Lipinski definition) is 1. The van der Waals surface area contributed by atoms with Crippen LogP contribution in [-0.2, 0) is 15.7 Å². The van der Waals surface area contributed by atoms with E-state index in [2.05, 4.69) is 13.8 Å². The molecular formula is C32H63OS+. The van der Waals surface area contributed by atoms with Gasteiger partial charge in [-0.25, -0.2) is 0 Å². The molecule has 202 valence electrons. The molecule has 0 amide bonds. The summed E-state index contributed by atoms with van der Waals surface area (Å²) in [6.45, 7) is 4.60. The van der Waals surface area contributed by atoms with Crippen molar-refractivity contribution < 1.29 is 4.79 Å². The van der Waals surface area contributed by atoms with E-state index in [0.29, 0.717) is 22.6 Å². The molecule has 1 fully saturated rings. The van der Waals surface area contributed by atoms with Crippen molar-refractivity contribution in [1.82, 2.24) is 0 Å². The quantitative estimate of drug-likeness (QED) is 0.0909. The van der Waals surface area contributed by atoms with Crippen LogP contribution in [0.4, 0.5) is 0 Å². The highest BCUT2D eigenvalue weighted by molar-refractivity contribution is 7.97. The summed E-state index contributed by atoms with van der Waals surface area (Å²) in [5.41, 5.74) is 0. The van der Waals surface area contributed by atoms with Gasteiger partial charge < -0.3 is 0 Å². The van der Waals surface area contributed by atoms with Gasteiger partial charge >= 0.3 is 0 Å². The van der Waals surface area contributed by atoms with Crippen LogP contribution in [0.1, 0.15) is 174 Å². The molecule has 0 aromatic heterocycles. The fourth-order valence-electron chi connectivity index (χ4n) is 5.58. The minimum Gasteiger partial charge on any atom is -0.294 e. The summed E-state index contributed by atoms with van der Waals surface area (Å²) in [5, 5.41) is 0. The van der Waals surface area contributed by atoms with Gasteiger partial charge in [-0.1, -0.05) is 136 Å². The second-order valence-electron chi connectivity index (χ2n) is 11.3. The molecule has 0 N–H and O–H groups in total. The van der Waals surface area contributed by atoms with Crippen LogP contribution in [0, 0.1) is 5.92 Å². The number of carbonyl (C=O) groups excluding carboxylic acids is 1. The highest BCUT2D eigenvalue weighted by atomic mass is 32.2. The zero-order valence-corrected chi connectivity index (χ0v) is 24.5. The number of ketones is 1. The third-order valence-electron chi connectivity index (χ3n) is 7.98. The topological polar surface area (TPSA) is 17.1 Å². The second kappa shape index (κ2) is 24.7. The van der Waals surface area contributed by atoms with Crippen molar-refractivity contribution in [2.45, 2.75) is 174 Å². The van der Waals surface area contributed by atoms with Gasteiger partial charge in [0, 0.05) is 5.92 Å². The molecule has 0 unspecified atom stereocenters. The summed E-state index contributed by atoms with van der Waals surface area (Å²) in [6.07, 6.45) is 34.6. The monoisotopic (exact) mass is 495 g/mol. The molecule has 2 heteroatoms. The first-order valence-electron chi connectivity index (χ1n) is 15.9. The Bertz CT molecular complexity index is 405. The fraction of sp³-hybridized carbons (Fsp3) is 0.969. The lowest BCUT2D eigenvalue weighted by Gasteiger charge is -2.20. The van der Waals surface area contributed by atoms with Gasteiger partial charge in [-0.2, -0.15) is 0 Å². The van der Waals surface area contributed by atoms with E-state index in [1.807, 2.05) is 0 Å². The van der Waals surface area contributed by atoms with Crippen molar-refractivity contribution in [3.8, 4) is 0 Å². The molecule has 0 heterocycles. The first kappa shape index (κ1) is 32.0. The molecule has 1 rings (SSSR count). The molecule has 0 bridgehead atoms. The second-order valence-corrected chi connectivity index (χ2v) is 13.7. The van der Waals surface area contributed by atoms with Crippen molar-refractivity contribution in [2.24, 2.45) is 5.92 Å². The first-order valence-corrected chi connectivity index (χ1v) is 17.7. The van der Waals surface area contributed by atoms with E-state index in [4.69, 9.17) is 0 Å². The maximum Gasteiger partial charge on any atom is 0.184 e. The summed E-state index contributed by atoms with van der Waals surface area (Å²) in [5.74, 6) is 4.67. The van der Waals surface area contributed by atoms with E-state index >= 15 is 0 Å². The Kier molecular flexibility index (Phi) is 23.3. The maximum absolute atomic E-state index is 13.0. The minimum atomic E-state index is 0.369. The van der Waals surface area contributed by atoms with E-state index in [0.717, 1.165) is 5.75 Å². The lowest BCUT2D eigenvalue weighted by atomic mass is 9.87. The minimum absolute atomic E-state index is 0.369. The molecule has 0 saturated heterocycles. The Hall–Kier alpha value is 0.0200. The Balaban J connectivity index is 2.17. The third-order valence-corrected chi connectivity index (χ3v) is 10.4. The normalized spacial score (nSPS) is 14.8. The predicted octanol–water partition coefficient (Wildman–Crippen LogP) is 10.6. The van der Waals surface area contributed by atoms with Crippen LogP contribution in [-0.4, -0.2) is 23.0 Å². The predicted molar refractivity (Wildman–Crippen MR) is 157 cm³/mol. The maximum atomic E-state index is 13.0. The Morgan fingerprint density at radius 2 is 0.882 bits per heavy atom. The van der Waals surface area contributed by atoms with Crippen LogP contribution in [0.2, 0.25) is 0 Å². The molecule has 0 radical (unpaired) electrons. The number of hydrogen-bond donors (Lipinski definition) is 0. The van der Waals surface area contributed by atoms with Crippen LogP contribution in [0.3, 0.4) is 0 Å². The van der Waals surface area contributed by atoms with E-state index in [1.54, 1.807) is 0 Å². The number of Topliss-reactive ketones (excluding diaryl/α,β-unsaturated/α-hetero) is 1. The molecule has 0 atom stereocenters. The third kappa shape index (κ3) is 19.2. The summed E-state index contributed by atoms with van der Waals surface area (Å²) in [6, 6.07) is 0. The molecule has 1 aliphatic rings. The molecular weight excluding hydrogens is 432 g/mol. The van der Waals surface area contributed by atoms with Crippen molar-refractivity contribution in [3.63, 3.8) is 0 Å². The lowest BCUT2D eigenvalue weighted by Crippen LogP contribution is -2.28. The Morgan fingerprint density at radius 3 is 1.26 bits per heavy atom. The fourth-order valence-corrected chi connectivity index (χ4v) is 7.93. The molecule has 1 aliphatic carbocycles. The summed E-state index contributed by atoms with van der Waals surface area (Å²) < 4.78 is 0. The van der Waals surface area contributed by atoms with Crippen LogP contribution in [0.5, 0.6) is 0 Å². The van der Waals surface area contributed by atoms with Gasteiger partial charge in [-0.3, -0.25) is 4.79 Å². The summed E-state index contributed by atoms with van der Waals surface area (Å²) in [7, 11) is 0.369. The Labute approximate surface area is 218 Å². The van der Waals surface area contributed by atoms with Gasteiger partial charge in [0.05, 0.1) is 0 Å². The molecule has 34 heavy (non-hydrogen) atoms. The molecule has 0 aromatic carbocycles. The molecule has 0 aliphatic heterocycles. The van der Waals surface area contributed by atoms with Gasteiger partial charge in [-0.05, 0) is 49.4 Å². The molecule has 1 nitrogen and oxygen atoms in total. The van der Waals surface area contributed by atoms with Crippen molar-refractivity contribution in [1.29, 1.82) is 0 Å². The lowest BCUT2D eigenvalue weighted by molar-refractivity contribution is -0.121.